The number of amides is 1. The van der Waals surface area contributed by atoms with E-state index in [2.05, 4.69) is 0 Å². The average molecular weight is 223 g/mol. The van der Waals surface area contributed by atoms with Gasteiger partial charge in [0.1, 0.15) is 5.82 Å². The van der Waals surface area contributed by atoms with Gasteiger partial charge in [-0.25, -0.2) is 4.39 Å². The van der Waals surface area contributed by atoms with Crippen molar-refractivity contribution in [3.63, 3.8) is 0 Å². The second-order valence-electron chi connectivity index (χ2n) is 4.03. The number of hydrogen-bond donors (Lipinski definition) is 1. The van der Waals surface area contributed by atoms with Gasteiger partial charge in [0.2, 0.25) is 0 Å². The average Bonchev–Trinajstić information content (AvgIpc) is 2.29. The largest absolute Gasteiger partial charge is 0.391 e. The number of β-amino-alcohol motifs (C(OH)–C–C–N with tert-alkyl or cyclic N) is 1. The van der Waals surface area contributed by atoms with Crippen molar-refractivity contribution in [1.82, 2.24) is 4.90 Å². The number of rotatable bonds is 1. The maximum atomic E-state index is 13.4. The molecule has 1 heterocycles. The first-order chi connectivity index (χ1) is 7.68. The zero-order chi connectivity index (χ0) is 11.5. The molecule has 0 saturated carbocycles. The van der Waals surface area contributed by atoms with Gasteiger partial charge in [-0.05, 0) is 25.0 Å². The first-order valence-corrected chi connectivity index (χ1v) is 5.40. The van der Waals surface area contributed by atoms with E-state index >= 15 is 0 Å². The van der Waals surface area contributed by atoms with E-state index in [4.69, 9.17) is 0 Å². The molecule has 86 valence electrons. The van der Waals surface area contributed by atoms with Crippen molar-refractivity contribution in [3.8, 4) is 0 Å². The molecule has 0 aromatic heterocycles. The maximum absolute atomic E-state index is 13.4. The molecule has 1 saturated heterocycles. The number of nitrogens with zero attached hydrogens (tertiary/aromatic N) is 1. The molecular formula is C12H14FNO2. The fraction of sp³-hybridized carbons (Fsp3) is 0.417. The molecule has 1 atom stereocenters. The standard InChI is InChI=1S/C12H14FNO2/c13-11-6-2-1-5-10(11)12(16)14-7-3-4-9(15)8-14/h1-2,5-6,9,15H,3-4,7-8H2/t9-/m1/s1. The minimum absolute atomic E-state index is 0.0802. The normalized spacial score (nSPS) is 20.9. The van der Waals surface area contributed by atoms with Crippen molar-refractivity contribution < 1.29 is 14.3 Å². The van der Waals surface area contributed by atoms with E-state index in [1.807, 2.05) is 0 Å². The fourth-order valence-corrected chi connectivity index (χ4v) is 1.94. The number of hydrogen-bond acceptors (Lipinski definition) is 2. The van der Waals surface area contributed by atoms with Crippen molar-refractivity contribution in [2.24, 2.45) is 0 Å². The van der Waals surface area contributed by atoms with Crippen LogP contribution in [0.4, 0.5) is 4.39 Å². The smallest absolute Gasteiger partial charge is 0.256 e. The Bertz CT molecular complexity index is 394. The van der Waals surface area contributed by atoms with Crippen molar-refractivity contribution in [3.05, 3.63) is 35.6 Å². The molecule has 4 heteroatoms. The Morgan fingerprint density at radius 2 is 2.19 bits per heavy atom. The number of halogens is 1. The lowest BCUT2D eigenvalue weighted by atomic mass is 10.1. The highest BCUT2D eigenvalue weighted by Crippen LogP contribution is 2.15. The number of benzene rings is 1. The molecule has 1 aromatic carbocycles. The predicted molar refractivity (Wildman–Crippen MR) is 57.5 cm³/mol. The number of aliphatic hydroxyl groups excluding tert-OH is 1. The summed E-state index contributed by atoms with van der Waals surface area (Å²) in [5, 5.41) is 9.46. The van der Waals surface area contributed by atoms with Gasteiger partial charge in [0.05, 0.1) is 11.7 Å². The zero-order valence-electron chi connectivity index (χ0n) is 8.90. The molecule has 2 rings (SSSR count). The van der Waals surface area contributed by atoms with Crippen LogP contribution in [0.2, 0.25) is 0 Å². The van der Waals surface area contributed by atoms with Gasteiger partial charge in [0.15, 0.2) is 0 Å². The van der Waals surface area contributed by atoms with E-state index < -0.39 is 11.9 Å². The van der Waals surface area contributed by atoms with Crippen LogP contribution in [0, 0.1) is 5.82 Å². The summed E-state index contributed by atoms with van der Waals surface area (Å²) < 4.78 is 13.4. The lowest BCUT2D eigenvalue weighted by Gasteiger charge is -2.30. The van der Waals surface area contributed by atoms with Crippen LogP contribution in [-0.2, 0) is 0 Å². The summed E-state index contributed by atoms with van der Waals surface area (Å²) in [7, 11) is 0. The van der Waals surface area contributed by atoms with Gasteiger partial charge < -0.3 is 10.0 Å². The summed E-state index contributed by atoms with van der Waals surface area (Å²) in [6.07, 6.45) is 0.993. The van der Waals surface area contributed by atoms with Gasteiger partial charge in [-0.15, -0.1) is 0 Å². The Labute approximate surface area is 93.5 Å². The number of aliphatic hydroxyl groups is 1. The van der Waals surface area contributed by atoms with Crippen LogP contribution in [0.3, 0.4) is 0 Å². The van der Waals surface area contributed by atoms with Crippen molar-refractivity contribution in [1.29, 1.82) is 0 Å². The summed E-state index contributed by atoms with van der Waals surface area (Å²) in [5.41, 5.74) is 0.0802. The van der Waals surface area contributed by atoms with E-state index in [9.17, 15) is 14.3 Å². The van der Waals surface area contributed by atoms with Crippen LogP contribution in [0.1, 0.15) is 23.2 Å². The van der Waals surface area contributed by atoms with Gasteiger partial charge in [0, 0.05) is 13.1 Å². The number of likely N-dealkylation sites (tertiary alicyclic amines) is 1. The number of carbonyl (C=O) groups excluding carboxylic acids is 1. The lowest BCUT2D eigenvalue weighted by Crippen LogP contribution is -2.42. The topological polar surface area (TPSA) is 40.5 Å². The highest BCUT2D eigenvalue weighted by molar-refractivity contribution is 5.94. The third-order valence-corrected chi connectivity index (χ3v) is 2.79. The second-order valence-corrected chi connectivity index (χ2v) is 4.03. The minimum atomic E-state index is -0.507. The first kappa shape index (κ1) is 11.1. The Hall–Kier alpha value is -1.42. The van der Waals surface area contributed by atoms with Crippen molar-refractivity contribution in [2.45, 2.75) is 18.9 Å². The van der Waals surface area contributed by atoms with Crippen LogP contribution < -0.4 is 0 Å². The molecule has 0 bridgehead atoms. The summed E-state index contributed by atoms with van der Waals surface area (Å²) >= 11 is 0. The molecule has 0 aliphatic carbocycles. The molecule has 0 radical (unpaired) electrons. The van der Waals surface area contributed by atoms with Gasteiger partial charge in [-0.2, -0.15) is 0 Å². The highest BCUT2D eigenvalue weighted by Gasteiger charge is 2.24. The predicted octanol–water partition coefficient (Wildman–Crippen LogP) is 1.42. The van der Waals surface area contributed by atoms with Gasteiger partial charge in [-0.3, -0.25) is 4.79 Å². The van der Waals surface area contributed by atoms with Crippen LogP contribution in [0.25, 0.3) is 0 Å². The molecule has 0 unspecified atom stereocenters. The van der Waals surface area contributed by atoms with E-state index in [1.165, 1.54) is 17.0 Å². The minimum Gasteiger partial charge on any atom is -0.391 e. The second kappa shape index (κ2) is 4.61. The van der Waals surface area contributed by atoms with Crippen LogP contribution in [0.5, 0.6) is 0 Å². The Kier molecular flexibility index (Phi) is 3.19. The Morgan fingerprint density at radius 3 is 2.88 bits per heavy atom. The molecule has 1 aliphatic heterocycles. The molecule has 1 N–H and O–H groups in total. The van der Waals surface area contributed by atoms with Crippen LogP contribution in [-0.4, -0.2) is 35.1 Å². The third kappa shape index (κ3) is 2.22. The van der Waals surface area contributed by atoms with Crippen molar-refractivity contribution >= 4 is 5.91 Å². The molecule has 1 fully saturated rings. The molecule has 1 aromatic rings. The van der Waals surface area contributed by atoms with Gasteiger partial charge in [0.25, 0.3) is 5.91 Å². The number of carbonyl (C=O) groups is 1. The summed E-state index contributed by atoms with van der Waals surface area (Å²) in [6.45, 7) is 0.886. The molecule has 0 spiro atoms. The molecule has 3 nitrogen and oxygen atoms in total. The zero-order valence-corrected chi connectivity index (χ0v) is 8.90. The third-order valence-electron chi connectivity index (χ3n) is 2.79. The highest BCUT2D eigenvalue weighted by atomic mass is 19.1. The monoisotopic (exact) mass is 223 g/mol. The molecule has 16 heavy (non-hydrogen) atoms. The quantitative estimate of drug-likeness (QED) is 0.782. The summed E-state index contributed by atoms with van der Waals surface area (Å²) in [4.78, 5) is 13.4. The van der Waals surface area contributed by atoms with Crippen molar-refractivity contribution in [2.75, 3.05) is 13.1 Å². The van der Waals surface area contributed by atoms with Crippen LogP contribution >= 0.6 is 0 Å². The van der Waals surface area contributed by atoms with E-state index in [1.54, 1.807) is 12.1 Å². The SMILES string of the molecule is O=C(c1ccccc1F)N1CCC[C@@H](O)C1. The van der Waals surface area contributed by atoms with Gasteiger partial charge in [-0.1, -0.05) is 12.1 Å². The summed E-state index contributed by atoms with van der Waals surface area (Å²) in [6, 6.07) is 5.93. The van der Waals surface area contributed by atoms with E-state index in [0.717, 1.165) is 6.42 Å². The summed E-state index contributed by atoms with van der Waals surface area (Å²) in [5.74, 6) is -0.843. The number of piperidine rings is 1. The molecule has 1 aliphatic rings. The molecule has 1 amide bonds. The van der Waals surface area contributed by atoms with Crippen LogP contribution in [0.15, 0.2) is 24.3 Å². The maximum Gasteiger partial charge on any atom is 0.256 e. The fourth-order valence-electron chi connectivity index (χ4n) is 1.94. The lowest BCUT2D eigenvalue weighted by molar-refractivity contribution is 0.0470. The van der Waals surface area contributed by atoms with E-state index in [-0.39, 0.29) is 11.5 Å². The first-order valence-electron chi connectivity index (χ1n) is 5.40. The Balaban J connectivity index is 2.16. The van der Waals surface area contributed by atoms with E-state index in [0.29, 0.717) is 19.5 Å². The Morgan fingerprint density at radius 1 is 1.44 bits per heavy atom. The molecular weight excluding hydrogens is 209 g/mol. The van der Waals surface area contributed by atoms with Gasteiger partial charge >= 0.3 is 0 Å².